The average molecular weight is 365 g/mol. The molecule has 2 aromatic heterocycles. The van der Waals surface area contributed by atoms with Crippen molar-refractivity contribution in [1.82, 2.24) is 14.9 Å². The molecule has 0 radical (unpaired) electrons. The maximum absolute atomic E-state index is 6.04. The van der Waals surface area contributed by atoms with Crippen molar-refractivity contribution in [3.8, 4) is 11.1 Å². The Morgan fingerprint density at radius 3 is 2.50 bits per heavy atom. The van der Waals surface area contributed by atoms with Gasteiger partial charge in [0.2, 0.25) is 0 Å². The van der Waals surface area contributed by atoms with Crippen molar-refractivity contribution >= 4 is 21.8 Å². The van der Waals surface area contributed by atoms with Gasteiger partial charge in [0.1, 0.15) is 12.1 Å². The Morgan fingerprint density at radius 2 is 1.68 bits per heavy atom. The number of aromatic nitrogens is 3. The Morgan fingerprint density at radius 1 is 0.857 bits per heavy atom. The van der Waals surface area contributed by atoms with E-state index >= 15 is 0 Å². The van der Waals surface area contributed by atoms with Crippen LogP contribution in [0.2, 0.25) is 0 Å². The molecule has 0 amide bonds. The van der Waals surface area contributed by atoms with Gasteiger partial charge in [-0.2, -0.15) is 0 Å². The number of hydrogen-bond acceptors (Lipinski definition) is 3. The van der Waals surface area contributed by atoms with Gasteiger partial charge >= 0.3 is 0 Å². The smallest absolute Gasteiger partial charge is 0.142 e. The van der Waals surface area contributed by atoms with Crippen LogP contribution in [0.1, 0.15) is 11.1 Å². The Labute approximate surface area is 163 Å². The van der Waals surface area contributed by atoms with Crippen LogP contribution in [0, 0.1) is 6.92 Å². The zero-order chi connectivity index (χ0) is 18.9. The number of benzene rings is 3. The molecule has 0 aliphatic heterocycles. The van der Waals surface area contributed by atoms with Crippen LogP contribution in [0.15, 0.2) is 85.2 Å². The zero-order valence-electron chi connectivity index (χ0n) is 15.5. The summed E-state index contributed by atoms with van der Waals surface area (Å²) in [6.07, 6.45) is 3.66. The summed E-state index contributed by atoms with van der Waals surface area (Å²) in [5.41, 5.74) is 6.49. The molecule has 0 atom stereocenters. The third-order valence-electron chi connectivity index (χ3n) is 4.95. The highest BCUT2D eigenvalue weighted by molar-refractivity contribution is 6.10. The molecule has 0 spiro atoms. The van der Waals surface area contributed by atoms with Gasteiger partial charge in [0.25, 0.3) is 0 Å². The molecule has 28 heavy (non-hydrogen) atoms. The molecule has 0 fully saturated rings. The van der Waals surface area contributed by atoms with E-state index in [9.17, 15) is 0 Å². The molecule has 0 aliphatic rings. The highest BCUT2D eigenvalue weighted by Gasteiger charge is 2.14. The van der Waals surface area contributed by atoms with Crippen LogP contribution in [-0.2, 0) is 6.61 Å². The van der Waals surface area contributed by atoms with E-state index < -0.39 is 0 Å². The van der Waals surface area contributed by atoms with Gasteiger partial charge in [0, 0.05) is 17.0 Å². The van der Waals surface area contributed by atoms with Gasteiger partial charge in [0.05, 0.1) is 11.7 Å². The lowest BCUT2D eigenvalue weighted by Gasteiger charge is -2.11. The largest absolute Gasteiger partial charge is 0.391 e. The molecule has 0 saturated heterocycles. The maximum Gasteiger partial charge on any atom is 0.142 e. The van der Waals surface area contributed by atoms with Crippen molar-refractivity contribution in [2.24, 2.45) is 0 Å². The first-order chi connectivity index (χ1) is 13.8. The van der Waals surface area contributed by atoms with Crippen molar-refractivity contribution in [3.05, 3.63) is 96.3 Å². The Balaban J connectivity index is 1.67. The van der Waals surface area contributed by atoms with Crippen molar-refractivity contribution in [2.45, 2.75) is 13.5 Å². The summed E-state index contributed by atoms with van der Waals surface area (Å²) >= 11 is 0. The van der Waals surface area contributed by atoms with Crippen molar-refractivity contribution in [1.29, 1.82) is 0 Å². The van der Waals surface area contributed by atoms with Crippen LogP contribution in [0.25, 0.3) is 32.9 Å². The summed E-state index contributed by atoms with van der Waals surface area (Å²) < 4.78 is 0. The third-order valence-corrected chi connectivity index (χ3v) is 4.95. The second kappa shape index (κ2) is 6.82. The molecule has 5 rings (SSSR count). The number of aryl methyl sites for hydroxylation is 1. The first-order valence-electron chi connectivity index (χ1n) is 9.29. The number of nitrogens with zero attached hydrogens (tertiary/aromatic N) is 3. The molecule has 0 N–H and O–H groups in total. The molecule has 4 heteroatoms. The predicted octanol–water partition coefficient (Wildman–Crippen LogP) is 5.19. The van der Waals surface area contributed by atoms with E-state index in [1.807, 2.05) is 48.7 Å². The van der Waals surface area contributed by atoms with E-state index in [4.69, 9.17) is 4.84 Å². The Bertz CT molecular complexity index is 1260. The standard InChI is InChI=1S/C24H19N3O/c1-17-10-12-19(13-11-17)21-8-5-9-22-23(21)24-20(14-25-22)15-26-27(24)28-16-18-6-3-2-4-7-18/h2-15H,16H2,1H3. The lowest BCUT2D eigenvalue weighted by Crippen LogP contribution is -2.12. The van der Waals surface area contributed by atoms with Crippen molar-refractivity contribution in [2.75, 3.05) is 0 Å². The fraction of sp³-hybridized carbons (Fsp3) is 0.0833. The van der Waals surface area contributed by atoms with E-state index in [-0.39, 0.29) is 0 Å². The monoisotopic (exact) mass is 365 g/mol. The van der Waals surface area contributed by atoms with Gasteiger partial charge in [0.15, 0.2) is 0 Å². The van der Waals surface area contributed by atoms with Crippen LogP contribution in [0.3, 0.4) is 0 Å². The lowest BCUT2D eigenvalue weighted by atomic mass is 9.98. The van der Waals surface area contributed by atoms with Crippen molar-refractivity contribution in [3.63, 3.8) is 0 Å². The predicted molar refractivity (Wildman–Crippen MR) is 112 cm³/mol. The second-order valence-electron chi connectivity index (χ2n) is 6.90. The number of rotatable bonds is 4. The molecule has 4 nitrogen and oxygen atoms in total. The highest BCUT2D eigenvalue weighted by atomic mass is 16.7. The zero-order valence-corrected chi connectivity index (χ0v) is 15.5. The molecular weight excluding hydrogens is 346 g/mol. The molecule has 0 unspecified atom stereocenters. The third kappa shape index (κ3) is 2.89. The molecule has 136 valence electrons. The minimum atomic E-state index is 0.453. The van der Waals surface area contributed by atoms with Gasteiger partial charge in [-0.1, -0.05) is 77.1 Å². The van der Waals surface area contributed by atoms with E-state index in [0.29, 0.717) is 6.61 Å². The topological polar surface area (TPSA) is 39.9 Å². The van der Waals surface area contributed by atoms with Gasteiger partial charge in [-0.15, -0.1) is 5.10 Å². The quantitative estimate of drug-likeness (QED) is 0.440. The van der Waals surface area contributed by atoms with Gasteiger partial charge in [-0.05, 0) is 29.7 Å². The maximum atomic E-state index is 6.04. The van der Waals surface area contributed by atoms with Crippen LogP contribution in [0.4, 0.5) is 0 Å². The first-order valence-corrected chi connectivity index (χ1v) is 9.29. The van der Waals surface area contributed by atoms with Crippen LogP contribution < -0.4 is 4.84 Å². The molecule has 0 aliphatic carbocycles. The second-order valence-corrected chi connectivity index (χ2v) is 6.90. The van der Waals surface area contributed by atoms with Gasteiger partial charge < -0.3 is 4.84 Å². The van der Waals surface area contributed by atoms with E-state index in [2.05, 4.69) is 47.3 Å². The fourth-order valence-corrected chi connectivity index (χ4v) is 3.50. The normalized spacial score (nSPS) is 11.2. The SMILES string of the molecule is Cc1ccc(-c2cccc3ncc4cnn(OCc5ccccc5)c4c23)cc1. The summed E-state index contributed by atoms with van der Waals surface area (Å²) in [5, 5.41) is 6.47. The molecule has 0 bridgehead atoms. The fourth-order valence-electron chi connectivity index (χ4n) is 3.50. The number of hydrogen-bond donors (Lipinski definition) is 0. The van der Waals surface area contributed by atoms with Gasteiger partial charge in [-0.3, -0.25) is 4.98 Å². The minimum Gasteiger partial charge on any atom is -0.391 e. The molecule has 5 aromatic rings. The highest BCUT2D eigenvalue weighted by Crippen LogP contribution is 2.33. The lowest BCUT2D eigenvalue weighted by molar-refractivity contribution is 0.0799. The van der Waals surface area contributed by atoms with Crippen LogP contribution in [-0.4, -0.2) is 14.9 Å². The summed E-state index contributed by atoms with van der Waals surface area (Å²) in [7, 11) is 0. The summed E-state index contributed by atoms with van der Waals surface area (Å²) in [5.74, 6) is 0. The van der Waals surface area contributed by atoms with Crippen LogP contribution in [0.5, 0.6) is 0 Å². The minimum absolute atomic E-state index is 0.453. The Kier molecular flexibility index (Phi) is 4.02. The first kappa shape index (κ1) is 16.5. The van der Waals surface area contributed by atoms with Crippen molar-refractivity contribution < 1.29 is 4.84 Å². The molecular formula is C24H19N3O. The molecule has 2 heterocycles. The summed E-state index contributed by atoms with van der Waals surface area (Å²) in [6, 6.07) is 24.9. The molecule has 0 saturated carbocycles. The van der Waals surface area contributed by atoms with Crippen LogP contribution >= 0.6 is 0 Å². The van der Waals surface area contributed by atoms with E-state index in [0.717, 1.165) is 38.5 Å². The summed E-state index contributed by atoms with van der Waals surface area (Å²) in [4.78, 5) is 12.3. The van der Waals surface area contributed by atoms with E-state index in [1.165, 1.54) is 5.56 Å². The van der Waals surface area contributed by atoms with Gasteiger partial charge in [-0.25, -0.2) is 0 Å². The summed E-state index contributed by atoms with van der Waals surface area (Å²) in [6.45, 7) is 2.55. The average Bonchev–Trinajstić information content (AvgIpc) is 3.16. The number of pyridine rings is 1. The number of fused-ring (bicyclic) bond motifs is 3. The molecule has 3 aromatic carbocycles. The Hall–Kier alpha value is -3.66. The van der Waals surface area contributed by atoms with E-state index in [1.54, 1.807) is 11.0 Å².